The third-order valence-electron chi connectivity index (χ3n) is 1.70. The van der Waals surface area contributed by atoms with Crippen LogP contribution in [0.4, 0.5) is 25.2 Å². The predicted molar refractivity (Wildman–Crippen MR) is 71.5 cm³/mol. The standard InChI is InChI=1S/C8H11N4OP.F6P/c1-12(2)14-13-7-5-3-4-6-8(7)10-11-9-6;1-7(2,3,4,5)6/h3-5,14H,1-2H3,(H,9,10,11);/q;-1/p+1. The Balaban J connectivity index is 0.000000270. The van der Waals surface area contributed by atoms with Crippen LogP contribution in [-0.2, 0) is 0 Å². The normalized spacial score (nSPS) is 15.7. The zero-order chi connectivity index (χ0) is 16.4. The van der Waals surface area contributed by atoms with E-state index in [1.807, 2.05) is 37.0 Å². The number of para-hydroxylation sites is 1. The average Bonchev–Trinajstić information content (AvgIpc) is 2.69. The number of fused-ring (bicyclic) bond motifs is 1. The first-order chi connectivity index (χ1) is 9.22. The second-order valence-corrected chi connectivity index (χ2v) is 7.49. The molecule has 0 fully saturated rings. The molecule has 13 heteroatoms. The van der Waals surface area contributed by atoms with Crippen LogP contribution in [-0.4, -0.2) is 34.2 Å². The Hall–Kier alpha value is -1.18. The van der Waals surface area contributed by atoms with Crippen molar-refractivity contribution in [2.24, 2.45) is 0 Å². The van der Waals surface area contributed by atoms with E-state index in [1.165, 1.54) is 0 Å². The molecule has 0 aliphatic heterocycles. The Morgan fingerprint density at radius 2 is 1.67 bits per heavy atom. The van der Waals surface area contributed by atoms with Crippen LogP contribution in [0.25, 0.3) is 11.0 Å². The molecule has 1 atom stereocenters. The second kappa shape index (κ2) is 5.23. The molecule has 0 radical (unpaired) electrons. The minimum atomic E-state index is -10.7. The number of aromatic nitrogens is 3. The molecule has 1 heterocycles. The van der Waals surface area contributed by atoms with E-state index in [1.54, 1.807) is 0 Å². The summed E-state index contributed by atoms with van der Waals surface area (Å²) >= 11 is 0. The molecule has 0 saturated heterocycles. The number of halogens is 6. The zero-order valence-electron chi connectivity index (χ0n) is 10.8. The number of nitrogens with one attached hydrogen (secondary N) is 1. The first kappa shape index (κ1) is 17.9. The fourth-order valence-corrected chi connectivity index (χ4v) is 1.61. The van der Waals surface area contributed by atoms with Gasteiger partial charge in [-0.1, -0.05) is 6.07 Å². The van der Waals surface area contributed by atoms with E-state index >= 15 is 0 Å². The Morgan fingerprint density at radius 1 is 1.10 bits per heavy atom. The fraction of sp³-hybridized carbons (Fsp3) is 0.250. The summed E-state index contributed by atoms with van der Waals surface area (Å²) in [6.07, 6.45) is 0. The summed E-state index contributed by atoms with van der Waals surface area (Å²) in [6, 6.07) is 5.72. The van der Waals surface area contributed by atoms with E-state index in [4.69, 9.17) is 4.52 Å². The van der Waals surface area contributed by atoms with E-state index in [2.05, 4.69) is 15.4 Å². The van der Waals surface area contributed by atoms with Gasteiger partial charge in [-0.15, -0.1) is 0 Å². The van der Waals surface area contributed by atoms with Gasteiger partial charge in [0.2, 0.25) is 14.7 Å². The molecule has 1 aromatic heterocycles. The molecule has 2 rings (SSSR count). The van der Waals surface area contributed by atoms with Gasteiger partial charge >= 0.3 is 33.0 Å². The van der Waals surface area contributed by atoms with Crippen molar-refractivity contribution in [2.45, 2.75) is 0 Å². The van der Waals surface area contributed by atoms with Crippen molar-refractivity contribution in [1.29, 1.82) is 0 Å². The maximum absolute atomic E-state index is 10.7. The first-order valence-corrected chi connectivity index (χ1v) is 8.26. The third-order valence-corrected chi connectivity index (χ3v) is 2.48. The van der Waals surface area contributed by atoms with Crippen molar-refractivity contribution in [3.05, 3.63) is 18.2 Å². The average molecular weight is 356 g/mol. The van der Waals surface area contributed by atoms with Gasteiger partial charge in [0.25, 0.3) is 0 Å². The molecule has 0 amide bonds. The molecule has 21 heavy (non-hydrogen) atoms. The van der Waals surface area contributed by atoms with Crippen molar-refractivity contribution < 1.29 is 29.7 Å². The first-order valence-electron chi connectivity index (χ1n) is 5.25. The van der Waals surface area contributed by atoms with Crippen molar-refractivity contribution in [3.63, 3.8) is 0 Å². The van der Waals surface area contributed by atoms with Gasteiger partial charge in [-0.2, -0.15) is 20.1 Å². The molecule has 0 spiro atoms. The van der Waals surface area contributed by atoms with Crippen molar-refractivity contribution in [2.75, 3.05) is 14.1 Å². The van der Waals surface area contributed by atoms with Gasteiger partial charge in [0.1, 0.15) is 5.52 Å². The molecule has 5 nitrogen and oxygen atoms in total. The molecule has 0 bridgehead atoms. The van der Waals surface area contributed by atoms with Gasteiger partial charge < -0.3 is 4.52 Å². The van der Waals surface area contributed by atoms with E-state index in [9.17, 15) is 25.2 Å². The number of hydrogen-bond acceptors (Lipinski definition) is 4. The van der Waals surface area contributed by atoms with Crippen LogP contribution in [0.15, 0.2) is 18.2 Å². The Bertz CT molecular complexity index is 602. The maximum atomic E-state index is 9.87. The Kier molecular flexibility index (Phi) is 4.45. The molecule has 0 saturated carbocycles. The molecule has 0 aliphatic rings. The van der Waals surface area contributed by atoms with Gasteiger partial charge in [-0.3, -0.25) is 0 Å². The molecule has 1 N–H and O–H groups in total. The van der Waals surface area contributed by atoms with Crippen molar-refractivity contribution in [1.82, 2.24) is 20.1 Å². The van der Waals surface area contributed by atoms with Crippen molar-refractivity contribution >= 4 is 27.8 Å². The van der Waals surface area contributed by atoms with Crippen LogP contribution in [0.2, 0.25) is 0 Å². The van der Waals surface area contributed by atoms with E-state index < -0.39 is 7.81 Å². The van der Waals surface area contributed by atoms with Gasteiger partial charge in [0.05, 0.1) is 0 Å². The Labute approximate surface area is 116 Å². The molecule has 122 valence electrons. The monoisotopic (exact) mass is 356 g/mol. The number of benzene rings is 1. The number of H-pyrrole nitrogens is 1. The zero-order valence-corrected chi connectivity index (χ0v) is 12.8. The van der Waals surface area contributed by atoms with Gasteiger partial charge in [-0.05, 0) is 12.1 Å². The van der Waals surface area contributed by atoms with Crippen LogP contribution in [0.3, 0.4) is 0 Å². The summed E-state index contributed by atoms with van der Waals surface area (Å²) in [5.74, 6) is 0.792. The molecule has 1 unspecified atom stereocenters. The summed E-state index contributed by atoms with van der Waals surface area (Å²) in [5.41, 5.74) is 1.63. The third kappa shape index (κ3) is 9.38. The molecular formula is C8H12F6N4OP2. The second-order valence-electron chi connectivity index (χ2n) is 4.09. The topological polar surface area (TPSA) is 54.0 Å². The quantitative estimate of drug-likeness (QED) is 0.649. The van der Waals surface area contributed by atoms with Crippen LogP contribution in [0.5, 0.6) is 5.75 Å². The molecule has 0 aliphatic carbocycles. The Morgan fingerprint density at radius 3 is 2.19 bits per heavy atom. The SMILES string of the molecule is CN(C)[PH2+]Oc1cccc2n[nH]nc12.F[P-](F)(F)(F)(F)F. The molecular weight excluding hydrogens is 344 g/mol. The summed E-state index contributed by atoms with van der Waals surface area (Å²) in [6.45, 7) is 0. The summed E-state index contributed by atoms with van der Waals surface area (Å²) in [4.78, 5) is 0. The summed E-state index contributed by atoms with van der Waals surface area (Å²) in [5, 5.41) is 10.6. The van der Waals surface area contributed by atoms with E-state index in [0.717, 1.165) is 16.8 Å². The number of nitrogens with zero attached hydrogens (tertiary/aromatic N) is 3. The number of aromatic amines is 1. The van der Waals surface area contributed by atoms with Gasteiger partial charge in [-0.25, -0.2) is 0 Å². The number of hydrogen-bond donors (Lipinski definition) is 1. The number of rotatable bonds is 3. The fourth-order valence-electron chi connectivity index (χ4n) is 1.10. The minimum absolute atomic E-state index is 0.187. The molecule has 1 aromatic carbocycles. The van der Waals surface area contributed by atoms with Crippen LogP contribution in [0.1, 0.15) is 0 Å². The summed E-state index contributed by atoms with van der Waals surface area (Å²) in [7, 11) is -6.88. The van der Waals surface area contributed by atoms with Crippen molar-refractivity contribution in [3.8, 4) is 5.75 Å². The van der Waals surface area contributed by atoms with E-state index in [-0.39, 0.29) is 8.96 Å². The summed E-state index contributed by atoms with van der Waals surface area (Å²) < 4.78 is 66.8. The molecule has 2 aromatic rings. The van der Waals surface area contributed by atoms with Crippen LogP contribution in [0, 0.1) is 0 Å². The van der Waals surface area contributed by atoms with Crippen LogP contribution >= 0.6 is 16.8 Å². The van der Waals surface area contributed by atoms with Gasteiger partial charge in [0.15, 0.2) is 5.52 Å². The van der Waals surface area contributed by atoms with E-state index in [0.29, 0.717) is 0 Å². The van der Waals surface area contributed by atoms with Crippen LogP contribution < -0.4 is 4.52 Å². The van der Waals surface area contributed by atoms with Gasteiger partial charge in [0, 0.05) is 14.1 Å². The predicted octanol–water partition coefficient (Wildman–Crippen LogP) is 4.52.